The molecule has 0 atom stereocenters. The van der Waals surface area contributed by atoms with E-state index in [4.69, 9.17) is 4.74 Å². The molecular weight excluding hydrogens is 304 g/mol. The number of rotatable bonds is 6. The average molecular weight is 326 g/mol. The molecule has 0 fully saturated rings. The highest BCUT2D eigenvalue weighted by atomic mass is 16.5. The second-order valence-electron chi connectivity index (χ2n) is 5.49. The molecule has 2 aromatic carbocycles. The number of nitrogens with one attached hydrogen (secondary N) is 2. The topological polar surface area (TPSA) is 67.4 Å². The van der Waals surface area contributed by atoms with E-state index in [0.717, 1.165) is 16.9 Å². The SMILES string of the molecule is CCNC(=O)c1ccc(NC(=O)COc2c(C)cccc2C)cc1. The molecule has 2 N–H and O–H groups in total. The van der Waals surface area contributed by atoms with Crippen LogP contribution in [0.3, 0.4) is 0 Å². The molecule has 2 amide bonds. The molecule has 0 unspecified atom stereocenters. The normalized spacial score (nSPS) is 10.1. The Bertz CT molecular complexity index is 704. The Morgan fingerprint density at radius 1 is 1.00 bits per heavy atom. The van der Waals surface area contributed by atoms with Gasteiger partial charge in [0.25, 0.3) is 11.8 Å². The molecule has 0 radical (unpaired) electrons. The minimum absolute atomic E-state index is 0.0657. The summed E-state index contributed by atoms with van der Waals surface area (Å²) in [5.74, 6) is 0.358. The Morgan fingerprint density at radius 2 is 1.62 bits per heavy atom. The Balaban J connectivity index is 1.92. The van der Waals surface area contributed by atoms with Gasteiger partial charge in [-0.2, -0.15) is 0 Å². The summed E-state index contributed by atoms with van der Waals surface area (Å²) in [7, 11) is 0. The first kappa shape index (κ1) is 17.5. The van der Waals surface area contributed by atoms with Crippen LogP contribution < -0.4 is 15.4 Å². The Hall–Kier alpha value is -2.82. The molecule has 0 saturated carbocycles. The van der Waals surface area contributed by atoms with Crippen LogP contribution in [0.15, 0.2) is 42.5 Å². The van der Waals surface area contributed by atoms with Crippen LogP contribution in [0, 0.1) is 13.8 Å². The van der Waals surface area contributed by atoms with Crippen molar-refractivity contribution in [1.29, 1.82) is 0 Å². The molecule has 0 heterocycles. The quantitative estimate of drug-likeness (QED) is 0.857. The predicted molar refractivity (Wildman–Crippen MR) is 94.5 cm³/mol. The van der Waals surface area contributed by atoms with Gasteiger partial charge in [-0.1, -0.05) is 18.2 Å². The van der Waals surface area contributed by atoms with Gasteiger partial charge >= 0.3 is 0 Å². The second-order valence-corrected chi connectivity index (χ2v) is 5.49. The van der Waals surface area contributed by atoms with Gasteiger partial charge in [-0.05, 0) is 56.2 Å². The number of hydrogen-bond donors (Lipinski definition) is 2. The van der Waals surface area contributed by atoms with E-state index in [-0.39, 0.29) is 18.4 Å². The van der Waals surface area contributed by atoms with Crippen molar-refractivity contribution >= 4 is 17.5 Å². The van der Waals surface area contributed by atoms with Crippen molar-refractivity contribution in [2.45, 2.75) is 20.8 Å². The fraction of sp³-hybridized carbons (Fsp3) is 0.263. The molecule has 24 heavy (non-hydrogen) atoms. The number of aryl methyl sites for hydroxylation is 2. The largest absolute Gasteiger partial charge is 0.483 e. The van der Waals surface area contributed by atoms with E-state index in [0.29, 0.717) is 17.8 Å². The van der Waals surface area contributed by atoms with Gasteiger partial charge in [0.1, 0.15) is 5.75 Å². The van der Waals surface area contributed by atoms with E-state index in [1.807, 2.05) is 39.0 Å². The summed E-state index contributed by atoms with van der Waals surface area (Å²) in [6.45, 7) is 6.26. The number of benzene rings is 2. The minimum atomic E-state index is -0.247. The maximum atomic E-state index is 12.0. The highest BCUT2D eigenvalue weighted by molar-refractivity contribution is 5.96. The zero-order valence-electron chi connectivity index (χ0n) is 14.2. The smallest absolute Gasteiger partial charge is 0.262 e. The number of carbonyl (C=O) groups is 2. The summed E-state index contributed by atoms with van der Waals surface area (Å²) in [4.78, 5) is 23.7. The maximum Gasteiger partial charge on any atom is 0.262 e. The van der Waals surface area contributed by atoms with Crippen molar-refractivity contribution < 1.29 is 14.3 Å². The standard InChI is InChI=1S/C19H22N2O3/c1-4-20-19(23)15-8-10-16(11-9-15)21-17(22)12-24-18-13(2)6-5-7-14(18)3/h5-11H,4,12H2,1-3H3,(H,20,23)(H,21,22). The van der Waals surface area contributed by atoms with Gasteiger partial charge in [0.05, 0.1) is 0 Å². The van der Waals surface area contributed by atoms with E-state index in [1.165, 1.54) is 0 Å². The Kier molecular flexibility index (Phi) is 5.95. The van der Waals surface area contributed by atoms with E-state index >= 15 is 0 Å². The number of ether oxygens (including phenoxy) is 1. The van der Waals surface area contributed by atoms with E-state index in [9.17, 15) is 9.59 Å². The molecule has 2 rings (SSSR count). The van der Waals surface area contributed by atoms with Crippen LogP contribution in [-0.4, -0.2) is 25.0 Å². The fourth-order valence-corrected chi connectivity index (χ4v) is 2.33. The van der Waals surface area contributed by atoms with Crippen LogP contribution in [0.5, 0.6) is 5.75 Å². The third-order valence-corrected chi connectivity index (χ3v) is 3.52. The van der Waals surface area contributed by atoms with Gasteiger partial charge in [0.2, 0.25) is 0 Å². The van der Waals surface area contributed by atoms with Crippen LogP contribution in [0.2, 0.25) is 0 Å². The van der Waals surface area contributed by atoms with E-state index in [1.54, 1.807) is 24.3 Å². The summed E-state index contributed by atoms with van der Waals surface area (Å²) in [5.41, 5.74) is 3.17. The first-order valence-corrected chi connectivity index (χ1v) is 7.88. The number of para-hydroxylation sites is 1. The first-order chi connectivity index (χ1) is 11.5. The van der Waals surface area contributed by atoms with Crippen LogP contribution in [0.1, 0.15) is 28.4 Å². The van der Waals surface area contributed by atoms with Gasteiger partial charge in [0.15, 0.2) is 6.61 Å². The lowest BCUT2D eigenvalue weighted by Gasteiger charge is -2.12. The van der Waals surface area contributed by atoms with Crippen molar-refractivity contribution in [2.24, 2.45) is 0 Å². The number of anilines is 1. The molecule has 5 heteroatoms. The number of carbonyl (C=O) groups excluding carboxylic acids is 2. The molecular formula is C19H22N2O3. The molecule has 0 spiro atoms. The summed E-state index contributed by atoms with van der Waals surface area (Å²) < 4.78 is 5.62. The van der Waals surface area contributed by atoms with Crippen molar-refractivity contribution in [1.82, 2.24) is 5.32 Å². The summed E-state index contributed by atoms with van der Waals surface area (Å²) in [5, 5.41) is 5.48. The van der Waals surface area contributed by atoms with Crippen molar-refractivity contribution in [3.05, 3.63) is 59.2 Å². The first-order valence-electron chi connectivity index (χ1n) is 7.88. The van der Waals surface area contributed by atoms with Crippen molar-refractivity contribution in [3.8, 4) is 5.75 Å². The molecule has 0 aliphatic carbocycles. The van der Waals surface area contributed by atoms with Gasteiger partial charge in [0, 0.05) is 17.8 Å². The monoisotopic (exact) mass is 326 g/mol. The van der Waals surface area contributed by atoms with Crippen molar-refractivity contribution in [3.63, 3.8) is 0 Å². The predicted octanol–water partition coefficient (Wildman–Crippen LogP) is 3.07. The molecule has 0 bridgehead atoms. The molecule has 0 saturated heterocycles. The molecule has 126 valence electrons. The highest BCUT2D eigenvalue weighted by Gasteiger charge is 2.08. The van der Waals surface area contributed by atoms with Crippen LogP contribution in [0.25, 0.3) is 0 Å². The third kappa shape index (κ3) is 4.59. The fourth-order valence-electron chi connectivity index (χ4n) is 2.33. The van der Waals surface area contributed by atoms with Gasteiger partial charge in [-0.3, -0.25) is 9.59 Å². The molecule has 0 aliphatic rings. The lowest BCUT2D eigenvalue weighted by Crippen LogP contribution is -2.23. The molecule has 5 nitrogen and oxygen atoms in total. The number of amides is 2. The van der Waals surface area contributed by atoms with Crippen molar-refractivity contribution in [2.75, 3.05) is 18.5 Å². The minimum Gasteiger partial charge on any atom is -0.483 e. The Morgan fingerprint density at radius 3 is 2.21 bits per heavy atom. The van der Waals surface area contributed by atoms with Crippen LogP contribution >= 0.6 is 0 Å². The molecule has 0 aromatic heterocycles. The zero-order chi connectivity index (χ0) is 17.5. The van der Waals surface area contributed by atoms with Crippen LogP contribution in [0.4, 0.5) is 5.69 Å². The van der Waals surface area contributed by atoms with Gasteiger partial charge in [-0.25, -0.2) is 0 Å². The van der Waals surface area contributed by atoms with Gasteiger partial charge < -0.3 is 15.4 Å². The molecule has 0 aliphatic heterocycles. The van der Waals surface area contributed by atoms with E-state index in [2.05, 4.69) is 10.6 Å². The molecule has 2 aromatic rings. The second kappa shape index (κ2) is 8.15. The maximum absolute atomic E-state index is 12.0. The van der Waals surface area contributed by atoms with Crippen LogP contribution in [-0.2, 0) is 4.79 Å². The summed E-state index contributed by atoms with van der Waals surface area (Å²) in [6.07, 6.45) is 0. The summed E-state index contributed by atoms with van der Waals surface area (Å²) >= 11 is 0. The average Bonchev–Trinajstić information content (AvgIpc) is 2.55. The highest BCUT2D eigenvalue weighted by Crippen LogP contribution is 2.22. The lowest BCUT2D eigenvalue weighted by molar-refractivity contribution is -0.118. The number of hydrogen-bond acceptors (Lipinski definition) is 3. The lowest BCUT2D eigenvalue weighted by atomic mass is 10.1. The summed E-state index contributed by atoms with van der Waals surface area (Å²) in [6, 6.07) is 12.6. The van der Waals surface area contributed by atoms with Gasteiger partial charge in [-0.15, -0.1) is 0 Å². The third-order valence-electron chi connectivity index (χ3n) is 3.52. The Labute approximate surface area is 142 Å². The zero-order valence-corrected chi connectivity index (χ0v) is 14.2. The van der Waals surface area contributed by atoms with E-state index < -0.39 is 0 Å².